The summed E-state index contributed by atoms with van der Waals surface area (Å²) in [7, 11) is 1.79. The van der Waals surface area contributed by atoms with Crippen LogP contribution < -0.4 is 5.32 Å². The van der Waals surface area contributed by atoms with E-state index in [9.17, 15) is 4.79 Å². The van der Waals surface area contributed by atoms with Crippen LogP contribution in [0.5, 0.6) is 0 Å². The van der Waals surface area contributed by atoms with Crippen LogP contribution in [0, 0.1) is 0 Å². The van der Waals surface area contributed by atoms with Gasteiger partial charge in [0.1, 0.15) is 6.10 Å². The quantitative estimate of drug-likeness (QED) is 0.925. The first-order valence-electron chi connectivity index (χ1n) is 5.48. The second-order valence-electron chi connectivity index (χ2n) is 3.96. The zero-order valence-electron chi connectivity index (χ0n) is 10.0. The Balaban J connectivity index is 0.00000162. The molecule has 0 aliphatic carbocycles. The molecule has 1 amide bonds. The number of hydrogen-bond acceptors (Lipinski definition) is 4. The van der Waals surface area contributed by atoms with Crippen molar-refractivity contribution >= 4 is 41.3 Å². The summed E-state index contributed by atoms with van der Waals surface area (Å²) in [6.07, 6.45) is -0.357. The van der Waals surface area contributed by atoms with E-state index in [1.165, 1.54) is 11.3 Å². The highest BCUT2D eigenvalue weighted by Crippen LogP contribution is 2.22. The Morgan fingerprint density at radius 3 is 3.00 bits per heavy atom. The molecule has 1 aromatic heterocycles. The van der Waals surface area contributed by atoms with E-state index < -0.39 is 0 Å². The van der Waals surface area contributed by atoms with Crippen LogP contribution >= 0.6 is 35.3 Å². The zero-order valence-corrected chi connectivity index (χ0v) is 12.4. The van der Waals surface area contributed by atoms with Crippen LogP contribution in [-0.2, 0) is 16.1 Å². The van der Waals surface area contributed by atoms with E-state index in [0.717, 1.165) is 15.8 Å². The molecule has 1 fully saturated rings. The molecule has 0 radical (unpaired) electrons. The Hall–Kier alpha value is -0.330. The van der Waals surface area contributed by atoms with Gasteiger partial charge in [-0.15, -0.1) is 23.7 Å². The number of thiophene rings is 1. The van der Waals surface area contributed by atoms with Gasteiger partial charge in [-0.2, -0.15) is 0 Å². The van der Waals surface area contributed by atoms with Crippen LogP contribution in [0.25, 0.3) is 0 Å². The maximum atomic E-state index is 12.0. The van der Waals surface area contributed by atoms with Gasteiger partial charge in [0.2, 0.25) is 0 Å². The fraction of sp³-hybridized carbons (Fsp3) is 0.545. The van der Waals surface area contributed by atoms with Crippen LogP contribution in [0.1, 0.15) is 4.88 Å². The van der Waals surface area contributed by atoms with Gasteiger partial charge in [-0.1, -0.05) is 11.6 Å². The third kappa shape index (κ3) is 4.10. The zero-order chi connectivity index (χ0) is 12.3. The number of nitrogens with one attached hydrogen (secondary N) is 1. The number of morpholine rings is 1. The number of ether oxygens (including phenoxy) is 1. The highest BCUT2D eigenvalue weighted by molar-refractivity contribution is 7.16. The van der Waals surface area contributed by atoms with Crippen LogP contribution in [0.2, 0.25) is 4.34 Å². The first-order valence-corrected chi connectivity index (χ1v) is 6.68. The average Bonchev–Trinajstić information content (AvgIpc) is 2.75. The average molecular weight is 311 g/mol. The Bertz CT molecular complexity index is 394. The van der Waals surface area contributed by atoms with Crippen LogP contribution in [0.15, 0.2) is 12.1 Å². The summed E-state index contributed by atoms with van der Waals surface area (Å²) < 4.78 is 6.17. The van der Waals surface area contributed by atoms with Crippen molar-refractivity contribution < 1.29 is 9.53 Å². The number of amides is 1. The van der Waals surface area contributed by atoms with E-state index in [4.69, 9.17) is 16.3 Å². The van der Waals surface area contributed by atoms with E-state index in [-0.39, 0.29) is 24.4 Å². The molecule has 4 nitrogen and oxygen atoms in total. The fourth-order valence-electron chi connectivity index (χ4n) is 1.72. The molecule has 102 valence electrons. The molecule has 0 spiro atoms. The number of halogens is 2. The molecule has 0 saturated carbocycles. The van der Waals surface area contributed by atoms with Gasteiger partial charge in [-0.3, -0.25) is 4.79 Å². The number of likely N-dealkylation sites (N-methyl/N-ethyl adjacent to an activating group) is 1. The summed E-state index contributed by atoms with van der Waals surface area (Å²) in [5.41, 5.74) is 0. The maximum Gasteiger partial charge on any atom is 0.253 e. The lowest BCUT2D eigenvalue weighted by molar-refractivity contribution is -0.144. The third-order valence-corrected chi connectivity index (χ3v) is 3.82. The molecule has 18 heavy (non-hydrogen) atoms. The predicted molar refractivity (Wildman–Crippen MR) is 75.7 cm³/mol. The Morgan fingerprint density at radius 2 is 2.44 bits per heavy atom. The molecule has 2 heterocycles. The molecule has 1 saturated heterocycles. The van der Waals surface area contributed by atoms with Crippen molar-refractivity contribution in [1.82, 2.24) is 10.2 Å². The summed E-state index contributed by atoms with van der Waals surface area (Å²) in [5, 5.41) is 3.15. The normalized spacial score (nSPS) is 19.1. The summed E-state index contributed by atoms with van der Waals surface area (Å²) in [4.78, 5) is 14.8. The van der Waals surface area contributed by atoms with Gasteiger partial charge in [0.15, 0.2) is 0 Å². The molecular formula is C11H16Cl2N2O2S. The third-order valence-electron chi connectivity index (χ3n) is 2.60. The van der Waals surface area contributed by atoms with E-state index in [1.807, 2.05) is 12.1 Å². The molecule has 7 heteroatoms. The highest BCUT2D eigenvalue weighted by Gasteiger charge is 2.24. The van der Waals surface area contributed by atoms with E-state index in [1.54, 1.807) is 11.9 Å². The van der Waals surface area contributed by atoms with Crippen LogP contribution in [0.3, 0.4) is 0 Å². The minimum Gasteiger partial charge on any atom is -0.366 e. The number of carbonyl (C=O) groups excluding carboxylic acids is 1. The van der Waals surface area contributed by atoms with Crippen molar-refractivity contribution in [1.29, 1.82) is 0 Å². The maximum absolute atomic E-state index is 12.0. The first kappa shape index (κ1) is 15.7. The molecule has 1 aliphatic rings. The molecule has 1 aromatic rings. The number of carbonyl (C=O) groups is 1. The minimum absolute atomic E-state index is 0. The van der Waals surface area contributed by atoms with Crippen molar-refractivity contribution in [2.75, 3.05) is 26.7 Å². The lowest BCUT2D eigenvalue weighted by atomic mass is 10.2. The summed E-state index contributed by atoms with van der Waals surface area (Å²) in [6, 6.07) is 3.79. The molecule has 1 atom stereocenters. The van der Waals surface area contributed by atoms with Crippen molar-refractivity contribution in [2.24, 2.45) is 0 Å². The van der Waals surface area contributed by atoms with Gasteiger partial charge >= 0.3 is 0 Å². The topological polar surface area (TPSA) is 41.6 Å². The standard InChI is InChI=1S/C11H15ClN2O2S.ClH/c1-14(7-8-2-3-10(12)17-8)11(15)9-6-13-4-5-16-9;/h2-3,9,13H,4-7H2,1H3;1H. The lowest BCUT2D eigenvalue weighted by Crippen LogP contribution is -2.48. The van der Waals surface area contributed by atoms with Crippen molar-refractivity contribution in [3.8, 4) is 0 Å². The second-order valence-corrected chi connectivity index (χ2v) is 5.76. The van der Waals surface area contributed by atoms with Gasteiger partial charge in [0, 0.05) is 25.0 Å². The van der Waals surface area contributed by atoms with Crippen LogP contribution in [-0.4, -0.2) is 43.7 Å². The van der Waals surface area contributed by atoms with Gasteiger partial charge < -0.3 is 15.0 Å². The Morgan fingerprint density at radius 1 is 1.67 bits per heavy atom. The van der Waals surface area contributed by atoms with Crippen molar-refractivity contribution in [2.45, 2.75) is 12.6 Å². The van der Waals surface area contributed by atoms with E-state index in [0.29, 0.717) is 19.7 Å². The monoisotopic (exact) mass is 310 g/mol. The predicted octanol–water partition coefficient (Wildman–Crippen LogP) is 1.77. The summed E-state index contributed by atoms with van der Waals surface area (Å²) in [5.74, 6) is 0.0155. The van der Waals surface area contributed by atoms with Crippen molar-refractivity contribution in [3.63, 3.8) is 0 Å². The van der Waals surface area contributed by atoms with Gasteiger partial charge in [-0.25, -0.2) is 0 Å². The number of nitrogens with zero attached hydrogens (tertiary/aromatic N) is 1. The second kappa shape index (κ2) is 7.31. The Labute approximate surface area is 122 Å². The number of hydrogen-bond donors (Lipinski definition) is 1. The highest BCUT2D eigenvalue weighted by atomic mass is 35.5. The van der Waals surface area contributed by atoms with E-state index >= 15 is 0 Å². The molecular weight excluding hydrogens is 295 g/mol. The van der Waals surface area contributed by atoms with Crippen LogP contribution in [0.4, 0.5) is 0 Å². The minimum atomic E-state index is -0.357. The van der Waals surface area contributed by atoms with E-state index in [2.05, 4.69) is 5.32 Å². The van der Waals surface area contributed by atoms with Crippen molar-refractivity contribution in [3.05, 3.63) is 21.3 Å². The van der Waals surface area contributed by atoms with Gasteiger partial charge in [0.25, 0.3) is 5.91 Å². The molecule has 0 aromatic carbocycles. The molecule has 1 N–H and O–H groups in total. The lowest BCUT2D eigenvalue weighted by Gasteiger charge is -2.27. The molecule has 1 unspecified atom stereocenters. The van der Waals surface area contributed by atoms with Gasteiger partial charge in [-0.05, 0) is 12.1 Å². The largest absolute Gasteiger partial charge is 0.366 e. The smallest absolute Gasteiger partial charge is 0.253 e. The summed E-state index contributed by atoms with van der Waals surface area (Å²) >= 11 is 7.35. The molecule has 1 aliphatic heterocycles. The summed E-state index contributed by atoms with van der Waals surface area (Å²) in [6.45, 7) is 2.58. The number of rotatable bonds is 3. The molecule has 2 rings (SSSR count). The SMILES string of the molecule is CN(Cc1ccc(Cl)s1)C(=O)C1CNCCO1.Cl. The Kier molecular flexibility index (Phi) is 6.38. The van der Waals surface area contributed by atoms with Gasteiger partial charge in [0.05, 0.1) is 17.5 Å². The molecule has 0 bridgehead atoms. The first-order chi connectivity index (χ1) is 8.16. The fourth-order valence-corrected chi connectivity index (χ4v) is 2.86.